The van der Waals surface area contributed by atoms with Crippen LogP contribution < -0.4 is 4.90 Å². The molecule has 1 fully saturated rings. The lowest BCUT2D eigenvalue weighted by Crippen LogP contribution is -2.48. The van der Waals surface area contributed by atoms with Crippen LogP contribution in [0.4, 0.5) is 5.00 Å². The molecule has 1 aromatic heterocycles. The van der Waals surface area contributed by atoms with Crippen LogP contribution in [0.1, 0.15) is 9.67 Å². The molecule has 1 saturated heterocycles. The van der Waals surface area contributed by atoms with Crippen molar-refractivity contribution in [3.05, 3.63) is 46.3 Å². The summed E-state index contributed by atoms with van der Waals surface area (Å²) in [5.74, 6) is 0. The summed E-state index contributed by atoms with van der Waals surface area (Å²) in [6.07, 6.45) is 0.829. The lowest BCUT2D eigenvalue weighted by Gasteiger charge is -2.34. The van der Waals surface area contributed by atoms with Crippen molar-refractivity contribution in [3.8, 4) is 0 Å². The molecule has 0 amide bonds. The van der Waals surface area contributed by atoms with Crippen molar-refractivity contribution in [2.24, 2.45) is 0 Å². The van der Waals surface area contributed by atoms with Crippen molar-refractivity contribution in [1.29, 1.82) is 0 Å². The van der Waals surface area contributed by atoms with Gasteiger partial charge in [0.1, 0.15) is 0 Å². The molecule has 2 heterocycles. The number of halogens is 1. The molecule has 23 heavy (non-hydrogen) atoms. The van der Waals surface area contributed by atoms with Crippen LogP contribution in [-0.4, -0.2) is 45.2 Å². The van der Waals surface area contributed by atoms with Gasteiger partial charge in [0.05, 0.1) is 14.8 Å². The lowest BCUT2D eigenvalue weighted by atomic mass is 10.4. The first-order valence-corrected chi connectivity index (χ1v) is 9.70. The zero-order chi connectivity index (χ0) is 16.4. The van der Waals surface area contributed by atoms with Gasteiger partial charge in [0.25, 0.3) is 0 Å². The molecule has 0 atom stereocenters. The maximum atomic E-state index is 12.6. The van der Waals surface area contributed by atoms with E-state index in [0.29, 0.717) is 36.1 Å². The number of carbonyl (C=O) groups is 1. The van der Waals surface area contributed by atoms with E-state index in [0.717, 1.165) is 11.3 Å². The number of rotatable bonds is 4. The van der Waals surface area contributed by atoms with E-state index in [-0.39, 0.29) is 4.90 Å². The first-order chi connectivity index (χ1) is 11.0. The van der Waals surface area contributed by atoms with E-state index in [4.69, 9.17) is 11.6 Å². The zero-order valence-electron chi connectivity index (χ0n) is 12.2. The number of hydrogen-bond acceptors (Lipinski definition) is 5. The van der Waals surface area contributed by atoms with E-state index in [1.54, 1.807) is 18.2 Å². The van der Waals surface area contributed by atoms with Gasteiger partial charge < -0.3 is 4.90 Å². The molecular formula is C15H15ClN2O3S2. The Morgan fingerprint density at radius 1 is 1.00 bits per heavy atom. The molecular weight excluding hydrogens is 356 g/mol. The van der Waals surface area contributed by atoms with Gasteiger partial charge in [-0.25, -0.2) is 8.42 Å². The second-order valence-electron chi connectivity index (χ2n) is 5.14. The minimum atomic E-state index is -3.49. The highest BCUT2D eigenvalue weighted by molar-refractivity contribution is 7.89. The van der Waals surface area contributed by atoms with Crippen molar-refractivity contribution in [2.45, 2.75) is 4.90 Å². The molecule has 1 aliphatic heterocycles. The summed E-state index contributed by atoms with van der Waals surface area (Å²) in [6, 6.07) is 9.90. The molecule has 0 saturated carbocycles. The highest BCUT2D eigenvalue weighted by atomic mass is 35.5. The van der Waals surface area contributed by atoms with Gasteiger partial charge in [0, 0.05) is 31.2 Å². The largest absolute Gasteiger partial charge is 0.361 e. The first-order valence-electron chi connectivity index (χ1n) is 7.06. The van der Waals surface area contributed by atoms with Crippen LogP contribution in [0.25, 0.3) is 0 Å². The molecule has 0 bridgehead atoms. The molecule has 122 valence electrons. The Hall–Kier alpha value is -1.41. The van der Waals surface area contributed by atoms with Crippen molar-refractivity contribution in [1.82, 2.24) is 4.31 Å². The predicted octanol–water partition coefficient (Wildman–Crippen LogP) is 2.72. The fraction of sp³-hybridized carbons (Fsp3) is 0.267. The van der Waals surface area contributed by atoms with Crippen LogP contribution in [0.2, 0.25) is 5.02 Å². The van der Waals surface area contributed by atoms with Gasteiger partial charge in [-0.2, -0.15) is 4.31 Å². The Balaban J connectivity index is 1.70. The molecule has 0 aliphatic carbocycles. The van der Waals surface area contributed by atoms with Gasteiger partial charge in [0.15, 0.2) is 6.29 Å². The van der Waals surface area contributed by atoms with Gasteiger partial charge >= 0.3 is 0 Å². The topological polar surface area (TPSA) is 57.7 Å². The van der Waals surface area contributed by atoms with Crippen molar-refractivity contribution in [2.75, 3.05) is 31.1 Å². The Labute approximate surface area is 144 Å². The molecule has 1 aliphatic rings. The van der Waals surface area contributed by atoms with E-state index in [1.165, 1.54) is 27.8 Å². The fourth-order valence-corrected chi connectivity index (χ4v) is 4.90. The second kappa shape index (κ2) is 6.60. The third-order valence-electron chi connectivity index (χ3n) is 3.73. The van der Waals surface area contributed by atoms with Gasteiger partial charge in [-0.05, 0) is 36.4 Å². The second-order valence-corrected chi connectivity index (χ2v) is 8.61. The van der Waals surface area contributed by atoms with Gasteiger partial charge in [-0.15, -0.1) is 11.3 Å². The summed E-state index contributed by atoms with van der Waals surface area (Å²) in [5.41, 5.74) is 0. The summed E-state index contributed by atoms with van der Waals surface area (Å²) in [7, 11) is -3.49. The molecule has 3 rings (SSSR count). The summed E-state index contributed by atoms with van der Waals surface area (Å²) in [4.78, 5) is 13.8. The number of thiophene rings is 1. The van der Waals surface area contributed by atoms with E-state index in [2.05, 4.69) is 4.90 Å². The Morgan fingerprint density at radius 3 is 2.22 bits per heavy atom. The highest BCUT2D eigenvalue weighted by Gasteiger charge is 2.28. The molecule has 5 nitrogen and oxygen atoms in total. The average molecular weight is 371 g/mol. The van der Waals surface area contributed by atoms with Crippen LogP contribution in [0.5, 0.6) is 0 Å². The van der Waals surface area contributed by atoms with Crippen LogP contribution in [0.3, 0.4) is 0 Å². The smallest absolute Gasteiger partial charge is 0.243 e. The molecule has 0 spiro atoms. The lowest BCUT2D eigenvalue weighted by molar-refractivity contribution is 0.112. The number of sulfonamides is 1. The number of anilines is 1. The summed E-state index contributed by atoms with van der Waals surface area (Å²) < 4.78 is 26.7. The Bertz CT molecular complexity index is 794. The predicted molar refractivity (Wildman–Crippen MR) is 92.1 cm³/mol. The molecule has 1 aromatic carbocycles. The minimum absolute atomic E-state index is 0.259. The summed E-state index contributed by atoms with van der Waals surface area (Å²) >= 11 is 7.23. The molecule has 0 N–H and O–H groups in total. The Kier molecular flexibility index (Phi) is 4.72. The standard InChI is InChI=1S/C15H15ClN2O3S2/c16-12-1-4-14(5-2-12)23(20,21)18-9-7-17(8-10-18)15-6-3-13(11-19)22-15/h1-6,11H,7-10H2. The van der Waals surface area contributed by atoms with Crippen LogP contribution in [-0.2, 0) is 10.0 Å². The summed E-state index contributed by atoms with van der Waals surface area (Å²) in [6.45, 7) is 2.04. The van der Waals surface area contributed by atoms with Crippen LogP contribution >= 0.6 is 22.9 Å². The van der Waals surface area contributed by atoms with E-state index in [1.807, 2.05) is 6.07 Å². The molecule has 8 heteroatoms. The van der Waals surface area contributed by atoms with Crippen molar-refractivity contribution >= 4 is 44.2 Å². The van der Waals surface area contributed by atoms with E-state index in [9.17, 15) is 13.2 Å². The number of hydrogen-bond donors (Lipinski definition) is 0. The van der Waals surface area contributed by atoms with Gasteiger partial charge in [-0.1, -0.05) is 11.6 Å². The fourth-order valence-electron chi connectivity index (χ4n) is 2.48. The van der Waals surface area contributed by atoms with Gasteiger partial charge in [0.2, 0.25) is 10.0 Å². The van der Waals surface area contributed by atoms with Crippen LogP contribution in [0, 0.1) is 0 Å². The van der Waals surface area contributed by atoms with Crippen molar-refractivity contribution in [3.63, 3.8) is 0 Å². The van der Waals surface area contributed by atoms with E-state index >= 15 is 0 Å². The number of nitrogens with zero attached hydrogens (tertiary/aromatic N) is 2. The highest BCUT2D eigenvalue weighted by Crippen LogP contribution is 2.27. The third-order valence-corrected chi connectivity index (χ3v) is 6.97. The van der Waals surface area contributed by atoms with Gasteiger partial charge in [-0.3, -0.25) is 4.79 Å². The maximum Gasteiger partial charge on any atom is 0.243 e. The minimum Gasteiger partial charge on any atom is -0.361 e. The SMILES string of the molecule is O=Cc1ccc(N2CCN(S(=O)(=O)c3ccc(Cl)cc3)CC2)s1. The number of piperazine rings is 1. The first kappa shape index (κ1) is 16.4. The normalized spacial score (nSPS) is 16.5. The summed E-state index contributed by atoms with van der Waals surface area (Å²) in [5, 5.41) is 1.51. The maximum absolute atomic E-state index is 12.6. The number of carbonyl (C=O) groups excluding carboxylic acids is 1. The molecule has 2 aromatic rings. The monoisotopic (exact) mass is 370 g/mol. The van der Waals surface area contributed by atoms with Crippen LogP contribution in [0.15, 0.2) is 41.3 Å². The molecule has 0 unspecified atom stereocenters. The number of benzene rings is 1. The zero-order valence-corrected chi connectivity index (χ0v) is 14.6. The molecule has 0 radical (unpaired) electrons. The van der Waals surface area contributed by atoms with Crippen molar-refractivity contribution < 1.29 is 13.2 Å². The average Bonchev–Trinajstić information content (AvgIpc) is 3.04. The third kappa shape index (κ3) is 3.42. The quantitative estimate of drug-likeness (QED) is 0.776. The Morgan fingerprint density at radius 2 is 1.65 bits per heavy atom. The number of aldehydes is 1. The van der Waals surface area contributed by atoms with E-state index < -0.39 is 10.0 Å².